The summed E-state index contributed by atoms with van der Waals surface area (Å²) in [5, 5.41) is 0. The van der Waals surface area contributed by atoms with Gasteiger partial charge in [0, 0.05) is 0 Å². The Bertz CT molecular complexity index is 413. The van der Waals surface area contributed by atoms with Gasteiger partial charge < -0.3 is 9.47 Å². The van der Waals surface area contributed by atoms with E-state index >= 15 is 0 Å². The lowest BCUT2D eigenvalue weighted by Gasteiger charge is -2.18. The lowest BCUT2D eigenvalue weighted by atomic mass is 10.0. The fourth-order valence-electron chi connectivity index (χ4n) is 3.86. The van der Waals surface area contributed by atoms with E-state index in [0.717, 1.165) is 5.75 Å². The van der Waals surface area contributed by atoms with Crippen molar-refractivity contribution < 1.29 is 9.47 Å². The Labute approximate surface area is 181 Å². The first-order chi connectivity index (χ1) is 14.4. The quantitative estimate of drug-likeness (QED) is 0.191. The van der Waals surface area contributed by atoms with Gasteiger partial charge in [-0.05, 0) is 25.0 Å². The van der Waals surface area contributed by atoms with Crippen molar-refractivity contribution >= 4 is 0 Å². The summed E-state index contributed by atoms with van der Waals surface area (Å²) in [4.78, 5) is 0. The molecule has 0 spiro atoms. The molecule has 0 bridgehead atoms. The number of unbranched alkanes of at least 4 members (excludes halogenated alkanes) is 12. The minimum absolute atomic E-state index is 0.417. The predicted octanol–water partition coefficient (Wildman–Crippen LogP) is 8.73. The average Bonchev–Trinajstić information content (AvgIpc) is 2.75. The fraction of sp³-hybridized carbons (Fsp3) is 0.778. The first-order valence-electron chi connectivity index (χ1n) is 12.7. The zero-order valence-electron chi connectivity index (χ0n) is 19.5. The number of ether oxygens (including phenoxy) is 2. The van der Waals surface area contributed by atoms with Crippen LogP contribution in [0.4, 0.5) is 0 Å². The molecule has 1 rings (SSSR count). The van der Waals surface area contributed by atoms with Crippen LogP contribution in [0.5, 0.6) is 5.75 Å². The number of rotatable bonds is 21. The van der Waals surface area contributed by atoms with Crippen LogP contribution in [-0.4, -0.2) is 19.3 Å². The molecule has 0 aliphatic carbocycles. The van der Waals surface area contributed by atoms with Gasteiger partial charge in [0.05, 0.1) is 12.7 Å². The van der Waals surface area contributed by atoms with Crippen molar-refractivity contribution in [1.82, 2.24) is 0 Å². The van der Waals surface area contributed by atoms with Crippen LogP contribution in [0.1, 0.15) is 117 Å². The van der Waals surface area contributed by atoms with Crippen LogP contribution in [0.3, 0.4) is 0 Å². The van der Waals surface area contributed by atoms with Gasteiger partial charge >= 0.3 is 0 Å². The molecule has 0 unspecified atom stereocenters. The first kappa shape index (κ1) is 26.0. The van der Waals surface area contributed by atoms with Crippen LogP contribution in [0, 0.1) is 0 Å². The monoisotopic (exact) mass is 404 g/mol. The summed E-state index contributed by atoms with van der Waals surface area (Å²) in [7, 11) is 0. The molecule has 0 aliphatic heterocycles. The SMILES string of the molecule is CCCCCCCCCC(CCCCCCCCC)OCCOc1ccccc1. The van der Waals surface area contributed by atoms with Gasteiger partial charge in [-0.2, -0.15) is 0 Å². The Morgan fingerprint density at radius 1 is 0.586 bits per heavy atom. The Morgan fingerprint density at radius 3 is 1.59 bits per heavy atom. The Morgan fingerprint density at radius 2 is 1.07 bits per heavy atom. The van der Waals surface area contributed by atoms with Gasteiger partial charge in [0.25, 0.3) is 0 Å². The minimum atomic E-state index is 0.417. The molecule has 168 valence electrons. The molecular formula is C27H48O2. The standard InChI is InChI=1S/C27H48O2/c1-3-5-7-9-11-13-16-20-26(21-17-14-12-10-8-6-4-2)28-24-25-29-27-22-18-15-19-23-27/h15,18-19,22-23,26H,3-14,16-17,20-21,24-25H2,1-2H3. The number of hydrogen-bond acceptors (Lipinski definition) is 2. The Balaban J connectivity index is 2.16. The van der Waals surface area contributed by atoms with Crippen molar-refractivity contribution in [1.29, 1.82) is 0 Å². The van der Waals surface area contributed by atoms with Crippen molar-refractivity contribution in [2.24, 2.45) is 0 Å². The highest BCUT2D eigenvalue weighted by atomic mass is 16.5. The number of hydrogen-bond donors (Lipinski definition) is 0. The van der Waals surface area contributed by atoms with E-state index < -0.39 is 0 Å². The van der Waals surface area contributed by atoms with E-state index in [4.69, 9.17) is 9.47 Å². The second-order valence-corrected chi connectivity index (χ2v) is 8.47. The summed E-state index contributed by atoms with van der Waals surface area (Å²) in [5.41, 5.74) is 0. The molecule has 0 atom stereocenters. The van der Waals surface area contributed by atoms with Crippen LogP contribution >= 0.6 is 0 Å². The van der Waals surface area contributed by atoms with Crippen molar-refractivity contribution in [3.05, 3.63) is 30.3 Å². The smallest absolute Gasteiger partial charge is 0.119 e. The third kappa shape index (κ3) is 16.5. The van der Waals surface area contributed by atoms with E-state index in [9.17, 15) is 0 Å². The van der Waals surface area contributed by atoms with E-state index in [1.54, 1.807) is 0 Å². The summed E-state index contributed by atoms with van der Waals surface area (Å²) < 4.78 is 12.0. The molecule has 0 fully saturated rings. The van der Waals surface area contributed by atoms with Gasteiger partial charge in [-0.3, -0.25) is 0 Å². The van der Waals surface area contributed by atoms with Crippen LogP contribution in [0.25, 0.3) is 0 Å². The maximum atomic E-state index is 6.23. The van der Waals surface area contributed by atoms with Crippen LogP contribution in [-0.2, 0) is 4.74 Å². The summed E-state index contributed by atoms with van der Waals surface area (Å²) in [5.74, 6) is 0.937. The Kier molecular flexibility index (Phi) is 18.2. The fourth-order valence-corrected chi connectivity index (χ4v) is 3.86. The topological polar surface area (TPSA) is 18.5 Å². The summed E-state index contributed by atoms with van der Waals surface area (Å²) in [6.07, 6.45) is 22.1. The molecule has 0 aliphatic rings. The summed E-state index contributed by atoms with van der Waals surface area (Å²) in [6, 6.07) is 10.1. The molecule has 2 heteroatoms. The van der Waals surface area contributed by atoms with Gasteiger partial charge in [0.2, 0.25) is 0 Å². The van der Waals surface area contributed by atoms with Crippen molar-refractivity contribution in [3.63, 3.8) is 0 Å². The minimum Gasteiger partial charge on any atom is -0.491 e. The van der Waals surface area contributed by atoms with Gasteiger partial charge in [0.15, 0.2) is 0 Å². The maximum Gasteiger partial charge on any atom is 0.119 e. The van der Waals surface area contributed by atoms with E-state index in [1.165, 1.54) is 103 Å². The molecule has 0 radical (unpaired) electrons. The van der Waals surface area contributed by atoms with E-state index in [0.29, 0.717) is 19.3 Å². The molecular weight excluding hydrogens is 356 g/mol. The first-order valence-corrected chi connectivity index (χ1v) is 12.7. The summed E-state index contributed by atoms with van der Waals surface area (Å²) in [6.45, 7) is 5.92. The molecule has 0 aromatic heterocycles. The lowest BCUT2D eigenvalue weighted by Crippen LogP contribution is -2.17. The second kappa shape index (κ2) is 20.3. The molecule has 0 amide bonds. The normalized spacial score (nSPS) is 11.3. The van der Waals surface area contributed by atoms with Crippen molar-refractivity contribution in [3.8, 4) is 5.75 Å². The van der Waals surface area contributed by atoms with Gasteiger partial charge in [-0.1, -0.05) is 122 Å². The van der Waals surface area contributed by atoms with Crippen LogP contribution in [0.2, 0.25) is 0 Å². The molecule has 0 heterocycles. The maximum absolute atomic E-state index is 6.23. The van der Waals surface area contributed by atoms with Gasteiger partial charge in [-0.15, -0.1) is 0 Å². The highest BCUT2D eigenvalue weighted by molar-refractivity contribution is 5.20. The van der Waals surface area contributed by atoms with Gasteiger partial charge in [-0.25, -0.2) is 0 Å². The molecule has 0 saturated carbocycles. The van der Waals surface area contributed by atoms with Crippen LogP contribution in [0.15, 0.2) is 30.3 Å². The molecule has 1 aromatic rings. The number of benzene rings is 1. The molecule has 0 saturated heterocycles. The highest BCUT2D eigenvalue weighted by Crippen LogP contribution is 2.17. The highest BCUT2D eigenvalue weighted by Gasteiger charge is 2.09. The zero-order valence-corrected chi connectivity index (χ0v) is 19.5. The van der Waals surface area contributed by atoms with E-state index in [1.807, 2.05) is 30.3 Å². The molecule has 2 nitrogen and oxygen atoms in total. The third-order valence-corrected chi connectivity index (χ3v) is 5.71. The molecule has 0 N–H and O–H groups in total. The average molecular weight is 405 g/mol. The zero-order chi connectivity index (χ0) is 20.8. The van der Waals surface area contributed by atoms with Crippen molar-refractivity contribution in [2.45, 2.75) is 123 Å². The van der Waals surface area contributed by atoms with E-state index in [-0.39, 0.29) is 0 Å². The third-order valence-electron chi connectivity index (χ3n) is 5.71. The van der Waals surface area contributed by atoms with Crippen LogP contribution < -0.4 is 4.74 Å². The largest absolute Gasteiger partial charge is 0.491 e. The predicted molar refractivity (Wildman–Crippen MR) is 127 cm³/mol. The summed E-state index contributed by atoms with van der Waals surface area (Å²) >= 11 is 0. The number of para-hydroxylation sites is 1. The molecule has 1 aromatic carbocycles. The van der Waals surface area contributed by atoms with Gasteiger partial charge in [0.1, 0.15) is 12.4 Å². The lowest BCUT2D eigenvalue weighted by molar-refractivity contribution is 0.0211. The van der Waals surface area contributed by atoms with Crippen molar-refractivity contribution in [2.75, 3.05) is 13.2 Å². The molecule has 29 heavy (non-hydrogen) atoms. The Hall–Kier alpha value is -1.02. The van der Waals surface area contributed by atoms with E-state index in [2.05, 4.69) is 13.8 Å². The second-order valence-electron chi connectivity index (χ2n) is 8.47.